The third kappa shape index (κ3) is 3.94. The smallest absolute Gasteiger partial charge is 0.417 e. The van der Waals surface area contributed by atoms with Crippen molar-refractivity contribution in [2.45, 2.75) is 12.7 Å². The van der Waals surface area contributed by atoms with E-state index in [0.29, 0.717) is 5.56 Å². The summed E-state index contributed by atoms with van der Waals surface area (Å²) in [5, 5.41) is 11.9. The zero-order chi connectivity index (χ0) is 17.0. The Morgan fingerprint density at radius 2 is 1.91 bits per heavy atom. The Bertz CT molecular complexity index is 714. The molecule has 2 N–H and O–H groups in total. The van der Waals surface area contributed by atoms with Crippen molar-refractivity contribution in [1.82, 2.24) is 5.32 Å². The Morgan fingerprint density at radius 1 is 1.22 bits per heavy atom. The number of alkyl halides is 3. The van der Waals surface area contributed by atoms with Gasteiger partial charge in [-0.1, -0.05) is 18.2 Å². The van der Waals surface area contributed by atoms with Crippen LogP contribution in [0.2, 0.25) is 0 Å². The molecule has 4 nitrogen and oxygen atoms in total. The molecule has 0 atom stereocenters. The Balaban J connectivity index is 2.15. The van der Waals surface area contributed by atoms with Gasteiger partial charge in [0.25, 0.3) is 5.91 Å². The molecule has 0 aliphatic carbocycles. The predicted octanol–water partition coefficient (Wildman–Crippen LogP) is 3.35. The van der Waals surface area contributed by atoms with E-state index >= 15 is 0 Å². The maximum Gasteiger partial charge on any atom is 0.417 e. The maximum absolute atomic E-state index is 12.9. The summed E-state index contributed by atoms with van der Waals surface area (Å²) in [6, 6.07) is 8.98. The van der Waals surface area contributed by atoms with Crippen molar-refractivity contribution in [3.63, 3.8) is 0 Å². The van der Waals surface area contributed by atoms with Gasteiger partial charge in [-0.15, -0.1) is 0 Å². The van der Waals surface area contributed by atoms with Gasteiger partial charge in [-0.05, 0) is 29.8 Å². The molecule has 0 unspecified atom stereocenters. The first-order valence-corrected chi connectivity index (χ1v) is 6.63. The van der Waals surface area contributed by atoms with Crippen LogP contribution < -0.4 is 10.1 Å². The van der Waals surface area contributed by atoms with Crippen molar-refractivity contribution in [3.8, 4) is 11.5 Å². The lowest BCUT2D eigenvalue weighted by Crippen LogP contribution is -2.25. The second kappa shape index (κ2) is 6.60. The summed E-state index contributed by atoms with van der Waals surface area (Å²) >= 11 is 0. The normalized spacial score (nSPS) is 11.1. The number of hydrogen-bond donors (Lipinski definition) is 2. The number of amides is 1. The number of methoxy groups -OCH3 is 1. The summed E-state index contributed by atoms with van der Waals surface area (Å²) in [6.07, 6.45) is -4.60. The molecule has 0 aliphatic rings. The minimum Gasteiger partial charge on any atom is -0.504 e. The fourth-order valence-corrected chi connectivity index (χ4v) is 2.04. The molecule has 0 bridgehead atoms. The lowest BCUT2D eigenvalue weighted by atomic mass is 10.1. The quantitative estimate of drug-likeness (QED) is 0.906. The number of carbonyl (C=O) groups is 1. The Morgan fingerprint density at radius 3 is 2.57 bits per heavy atom. The van der Waals surface area contributed by atoms with Crippen molar-refractivity contribution in [1.29, 1.82) is 0 Å². The van der Waals surface area contributed by atoms with Crippen molar-refractivity contribution < 1.29 is 27.8 Å². The van der Waals surface area contributed by atoms with Crippen molar-refractivity contribution in [2.75, 3.05) is 7.11 Å². The number of aromatic hydroxyl groups is 1. The number of halogens is 3. The lowest BCUT2D eigenvalue weighted by Gasteiger charge is -2.13. The Kier molecular flexibility index (Phi) is 4.78. The van der Waals surface area contributed by atoms with Crippen molar-refractivity contribution in [3.05, 3.63) is 59.2 Å². The molecule has 0 radical (unpaired) electrons. The largest absolute Gasteiger partial charge is 0.504 e. The van der Waals surface area contributed by atoms with Gasteiger partial charge in [-0.25, -0.2) is 0 Å². The summed E-state index contributed by atoms with van der Waals surface area (Å²) in [5.74, 6) is -0.678. The first kappa shape index (κ1) is 16.7. The van der Waals surface area contributed by atoms with Gasteiger partial charge >= 0.3 is 6.18 Å². The number of hydrogen-bond acceptors (Lipinski definition) is 3. The van der Waals surface area contributed by atoms with Gasteiger partial charge < -0.3 is 15.2 Å². The summed E-state index contributed by atoms with van der Waals surface area (Å²) in [5.41, 5.74) is -0.844. The van der Waals surface area contributed by atoms with Crippen molar-refractivity contribution >= 4 is 5.91 Å². The number of phenolic OH excluding ortho intramolecular Hbond substituents is 1. The molecule has 0 saturated heterocycles. The highest BCUT2D eigenvalue weighted by Crippen LogP contribution is 2.32. The first-order valence-electron chi connectivity index (χ1n) is 6.63. The molecular formula is C16H14F3NO3. The van der Waals surface area contributed by atoms with Crippen LogP contribution in [0.25, 0.3) is 0 Å². The highest BCUT2D eigenvalue weighted by molar-refractivity contribution is 5.95. The second-order valence-electron chi connectivity index (χ2n) is 4.73. The van der Waals surface area contributed by atoms with E-state index in [1.807, 2.05) is 0 Å². The van der Waals surface area contributed by atoms with E-state index in [4.69, 9.17) is 4.74 Å². The molecule has 7 heteroatoms. The Hall–Kier alpha value is -2.70. The summed E-state index contributed by atoms with van der Waals surface area (Å²) in [6.45, 7) is 0.00165. The summed E-state index contributed by atoms with van der Waals surface area (Å²) in [4.78, 5) is 12.0. The number of ether oxygens (including phenoxy) is 1. The van der Waals surface area contributed by atoms with Crippen LogP contribution in [-0.4, -0.2) is 18.1 Å². The van der Waals surface area contributed by atoms with E-state index in [0.717, 1.165) is 12.1 Å². The number of phenols is 1. The van der Waals surface area contributed by atoms with Gasteiger partial charge in [0.05, 0.1) is 18.2 Å². The zero-order valence-corrected chi connectivity index (χ0v) is 12.1. The van der Waals surface area contributed by atoms with Gasteiger partial charge in [-0.2, -0.15) is 13.2 Å². The van der Waals surface area contributed by atoms with Crippen LogP contribution in [-0.2, 0) is 12.7 Å². The molecule has 1 amide bonds. The van der Waals surface area contributed by atoms with Gasteiger partial charge in [-0.3, -0.25) is 4.79 Å². The first-order chi connectivity index (χ1) is 10.8. The van der Waals surface area contributed by atoms with E-state index < -0.39 is 23.2 Å². The minimum absolute atomic E-state index is 0.00165. The predicted molar refractivity (Wildman–Crippen MR) is 77.3 cm³/mol. The molecule has 2 aromatic carbocycles. The Labute approximate surface area is 130 Å². The topological polar surface area (TPSA) is 58.6 Å². The molecular weight excluding hydrogens is 311 g/mol. The average molecular weight is 325 g/mol. The molecule has 0 spiro atoms. The summed E-state index contributed by atoms with van der Waals surface area (Å²) < 4.78 is 43.6. The number of carbonyl (C=O) groups excluding carboxylic acids is 1. The van der Waals surface area contributed by atoms with Crippen LogP contribution in [0.5, 0.6) is 11.5 Å². The molecule has 122 valence electrons. The molecule has 2 aromatic rings. The summed E-state index contributed by atoms with van der Waals surface area (Å²) in [7, 11) is 1.37. The van der Waals surface area contributed by atoms with Crippen LogP contribution in [0, 0.1) is 0 Å². The van der Waals surface area contributed by atoms with Gasteiger partial charge in [0, 0.05) is 6.54 Å². The molecule has 23 heavy (non-hydrogen) atoms. The second-order valence-corrected chi connectivity index (χ2v) is 4.73. The van der Waals surface area contributed by atoms with E-state index in [1.54, 1.807) is 0 Å². The monoisotopic (exact) mass is 325 g/mol. The van der Waals surface area contributed by atoms with E-state index in [-0.39, 0.29) is 18.0 Å². The standard InChI is InChI=1S/C16H14F3NO3/c1-23-14-8-10(6-7-13(14)21)9-20-15(22)11-4-2-3-5-12(11)16(17,18)19/h2-8,21H,9H2,1H3,(H,20,22). The highest BCUT2D eigenvalue weighted by Gasteiger charge is 2.34. The number of benzene rings is 2. The molecule has 0 fully saturated rings. The van der Waals surface area contributed by atoms with E-state index in [1.165, 1.54) is 37.4 Å². The third-order valence-corrected chi connectivity index (χ3v) is 3.17. The number of nitrogens with one attached hydrogen (secondary N) is 1. The van der Waals surface area contributed by atoms with Crippen LogP contribution in [0.15, 0.2) is 42.5 Å². The van der Waals surface area contributed by atoms with E-state index in [9.17, 15) is 23.1 Å². The van der Waals surface area contributed by atoms with Crippen molar-refractivity contribution in [2.24, 2.45) is 0 Å². The molecule has 0 aromatic heterocycles. The highest BCUT2D eigenvalue weighted by atomic mass is 19.4. The van der Waals surface area contributed by atoms with Crippen LogP contribution >= 0.6 is 0 Å². The fourth-order valence-electron chi connectivity index (χ4n) is 2.04. The average Bonchev–Trinajstić information content (AvgIpc) is 2.53. The van der Waals surface area contributed by atoms with Gasteiger partial charge in [0.15, 0.2) is 11.5 Å². The van der Waals surface area contributed by atoms with Gasteiger partial charge in [0.1, 0.15) is 0 Å². The number of rotatable bonds is 4. The molecule has 0 heterocycles. The molecule has 0 aliphatic heterocycles. The molecule has 2 rings (SSSR count). The van der Waals surface area contributed by atoms with Crippen LogP contribution in [0.1, 0.15) is 21.5 Å². The zero-order valence-electron chi connectivity index (χ0n) is 12.1. The fraction of sp³-hybridized carbons (Fsp3) is 0.188. The third-order valence-electron chi connectivity index (χ3n) is 3.17. The van der Waals surface area contributed by atoms with Gasteiger partial charge in [0.2, 0.25) is 0 Å². The maximum atomic E-state index is 12.9. The minimum atomic E-state index is -4.60. The van der Waals surface area contributed by atoms with Crippen LogP contribution in [0.4, 0.5) is 13.2 Å². The van der Waals surface area contributed by atoms with Crippen LogP contribution in [0.3, 0.4) is 0 Å². The SMILES string of the molecule is COc1cc(CNC(=O)c2ccccc2C(F)(F)F)ccc1O. The lowest BCUT2D eigenvalue weighted by molar-refractivity contribution is -0.137. The van der Waals surface area contributed by atoms with E-state index in [2.05, 4.69) is 5.32 Å². The molecule has 0 saturated carbocycles.